The van der Waals surface area contributed by atoms with Crippen molar-refractivity contribution in [2.75, 3.05) is 12.4 Å². The third-order valence-electron chi connectivity index (χ3n) is 5.35. The second-order valence-electron chi connectivity index (χ2n) is 7.15. The molecular weight excluding hydrogens is 423 g/mol. The van der Waals surface area contributed by atoms with Gasteiger partial charge in [-0.2, -0.15) is 13.2 Å². The van der Waals surface area contributed by atoms with Gasteiger partial charge in [-0.3, -0.25) is 10.1 Å². The summed E-state index contributed by atoms with van der Waals surface area (Å²) in [7, 11) is 1.43. The Morgan fingerprint density at radius 3 is 2.22 bits per heavy atom. The van der Waals surface area contributed by atoms with Gasteiger partial charge in [0.15, 0.2) is 5.54 Å². The number of nitrogens with zero attached hydrogens (tertiary/aromatic N) is 1. The predicted molar refractivity (Wildman–Crippen MR) is 115 cm³/mol. The molecule has 0 fully saturated rings. The molecule has 2 N–H and O–H groups in total. The van der Waals surface area contributed by atoms with E-state index < -0.39 is 16.6 Å². The van der Waals surface area contributed by atoms with Gasteiger partial charge in [-0.15, -0.1) is 0 Å². The van der Waals surface area contributed by atoms with Gasteiger partial charge >= 0.3 is 6.18 Å². The zero-order chi connectivity index (χ0) is 22.9. The Morgan fingerprint density at radius 2 is 1.62 bits per heavy atom. The number of hydrogen-bond donors (Lipinski definition) is 2. The molecule has 0 aliphatic rings. The van der Waals surface area contributed by atoms with Crippen LogP contribution in [0.1, 0.15) is 11.1 Å². The monoisotopic (exact) mass is 441 g/mol. The number of methoxy groups -OCH3 is 1. The fourth-order valence-corrected chi connectivity index (χ4v) is 3.79. The number of H-pyrrole nitrogens is 1. The van der Waals surface area contributed by atoms with Crippen molar-refractivity contribution >= 4 is 22.3 Å². The number of fused-ring (bicyclic) bond motifs is 1. The number of hydrogen-bond acceptors (Lipinski definition) is 4. The first kappa shape index (κ1) is 21.2. The zero-order valence-corrected chi connectivity index (χ0v) is 16.8. The summed E-state index contributed by atoms with van der Waals surface area (Å²) in [5.41, 5.74) is -2.32. The lowest BCUT2D eigenvalue weighted by atomic mass is 9.81. The molecule has 1 aromatic heterocycles. The van der Waals surface area contributed by atoms with E-state index in [-0.39, 0.29) is 22.5 Å². The summed E-state index contributed by atoms with van der Waals surface area (Å²) in [6.45, 7) is 0. The van der Waals surface area contributed by atoms with E-state index in [1.165, 1.54) is 49.7 Å². The Balaban J connectivity index is 1.97. The number of halogens is 3. The van der Waals surface area contributed by atoms with Crippen LogP contribution in [0, 0.1) is 10.1 Å². The van der Waals surface area contributed by atoms with Crippen molar-refractivity contribution in [2.24, 2.45) is 0 Å². The summed E-state index contributed by atoms with van der Waals surface area (Å²) in [6.07, 6.45) is -3.45. The quantitative estimate of drug-likeness (QED) is 0.284. The van der Waals surface area contributed by atoms with Gasteiger partial charge < -0.3 is 15.0 Å². The summed E-state index contributed by atoms with van der Waals surface area (Å²) in [5, 5.41) is 14.0. The molecule has 0 saturated heterocycles. The van der Waals surface area contributed by atoms with Crippen molar-refractivity contribution in [3.8, 4) is 5.75 Å². The Hall–Kier alpha value is -4.01. The molecule has 4 rings (SSSR count). The first-order valence-electron chi connectivity index (χ1n) is 9.57. The highest BCUT2D eigenvalue weighted by atomic mass is 19.4. The highest BCUT2D eigenvalue weighted by molar-refractivity contribution is 5.86. The van der Waals surface area contributed by atoms with Crippen LogP contribution in [0.15, 0.2) is 79.0 Å². The largest absolute Gasteiger partial charge is 0.497 e. The van der Waals surface area contributed by atoms with Crippen LogP contribution in [0.4, 0.5) is 24.5 Å². The van der Waals surface area contributed by atoms with Crippen molar-refractivity contribution in [1.29, 1.82) is 0 Å². The summed E-state index contributed by atoms with van der Waals surface area (Å²) in [4.78, 5) is 13.3. The van der Waals surface area contributed by atoms with Crippen molar-refractivity contribution in [1.82, 2.24) is 4.98 Å². The van der Waals surface area contributed by atoms with Crippen LogP contribution >= 0.6 is 0 Å². The number of non-ortho nitro benzene ring substituents is 1. The zero-order valence-electron chi connectivity index (χ0n) is 16.8. The Labute approximate surface area is 180 Å². The van der Waals surface area contributed by atoms with E-state index >= 15 is 13.2 Å². The minimum atomic E-state index is -4.78. The van der Waals surface area contributed by atoms with E-state index in [1.54, 1.807) is 24.3 Å². The van der Waals surface area contributed by atoms with Crippen LogP contribution in [0.5, 0.6) is 5.75 Å². The summed E-state index contributed by atoms with van der Waals surface area (Å²) in [5.74, 6) is 0.416. The molecule has 0 aliphatic carbocycles. The molecule has 1 unspecified atom stereocenters. The maximum Gasteiger partial charge on any atom is 0.420 e. The van der Waals surface area contributed by atoms with Gasteiger partial charge in [0.25, 0.3) is 5.69 Å². The third-order valence-corrected chi connectivity index (χ3v) is 5.35. The van der Waals surface area contributed by atoms with Crippen molar-refractivity contribution in [3.05, 3.63) is 100 Å². The number of ether oxygens (including phenoxy) is 1. The molecule has 0 saturated carbocycles. The maximum absolute atomic E-state index is 15.0. The van der Waals surface area contributed by atoms with Gasteiger partial charge in [0.05, 0.1) is 12.0 Å². The van der Waals surface area contributed by atoms with Crippen LogP contribution in [-0.4, -0.2) is 23.2 Å². The molecule has 0 spiro atoms. The topological polar surface area (TPSA) is 80.2 Å². The number of alkyl halides is 3. The van der Waals surface area contributed by atoms with E-state index in [9.17, 15) is 10.1 Å². The van der Waals surface area contributed by atoms with Gasteiger partial charge in [0, 0.05) is 40.5 Å². The molecule has 0 radical (unpaired) electrons. The van der Waals surface area contributed by atoms with Gasteiger partial charge in [-0.1, -0.05) is 30.3 Å². The lowest BCUT2D eigenvalue weighted by Gasteiger charge is -2.38. The summed E-state index contributed by atoms with van der Waals surface area (Å²) < 4.78 is 50.1. The standard InChI is InChI=1S/C23H18F3N3O3/c1-32-18-12-6-15(7-13-18)22(23(24,25)26,20-14-27-21-5-3-2-4-19(20)21)28-16-8-10-17(11-9-16)29(30)31/h2-14,27-28H,1H3. The SMILES string of the molecule is COc1ccc(C(Nc2ccc([N+](=O)[O-])cc2)(c2c[nH]c3ccccc23)C(F)(F)F)cc1. The predicted octanol–water partition coefficient (Wildman–Crippen LogP) is 6.00. The van der Waals surface area contributed by atoms with Gasteiger partial charge in [0.1, 0.15) is 5.75 Å². The number of nitrogens with one attached hydrogen (secondary N) is 2. The van der Waals surface area contributed by atoms with Gasteiger partial charge in [-0.25, -0.2) is 0 Å². The van der Waals surface area contributed by atoms with Crippen LogP contribution < -0.4 is 10.1 Å². The fraction of sp³-hybridized carbons (Fsp3) is 0.130. The Bertz CT molecular complexity index is 1250. The summed E-state index contributed by atoms with van der Waals surface area (Å²) in [6, 6.07) is 17.2. The van der Waals surface area contributed by atoms with E-state index in [0.29, 0.717) is 16.7 Å². The smallest absolute Gasteiger partial charge is 0.420 e. The second kappa shape index (κ2) is 7.92. The molecule has 3 aromatic carbocycles. The van der Waals surface area contributed by atoms with Gasteiger partial charge in [-0.05, 0) is 35.9 Å². The average molecular weight is 441 g/mol. The van der Waals surface area contributed by atoms with Crippen molar-refractivity contribution in [3.63, 3.8) is 0 Å². The number of nitro groups is 1. The first-order chi connectivity index (χ1) is 15.3. The molecule has 0 aliphatic heterocycles. The minimum absolute atomic E-state index is 0.0240. The number of nitro benzene ring substituents is 1. The number of benzene rings is 3. The van der Waals surface area contributed by atoms with E-state index in [2.05, 4.69) is 10.3 Å². The average Bonchev–Trinajstić information content (AvgIpc) is 3.21. The lowest BCUT2D eigenvalue weighted by Crippen LogP contribution is -2.50. The van der Waals surface area contributed by atoms with E-state index in [4.69, 9.17) is 4.74 Å². The van der Waals surface area contributed by atoms with Crippen LogP contribution in [-0.2, 0) is 5.54 Å². The lowest BCUT2D eigenvalue weighted by molar-refractivity contribution is -0.384. The molecule has 0 bridgehead atoms. The number of aromatic nitrogens is 1. The molecule has 4 aromatic rings. The van der Waals surface area contributed by atoms with Crippen LogP contribution in [0.2, 0.25) is 0 Å². The second-order valence-corrected chi connectivity index (χ2v) is 7.15. The molecular formula is C23H18F3N3O3. The Morgan fingerprint density at radius 1 is 0.969 bits per heavy atom. The number of para-hydroxylation sites is 1. The number of anilines is 1. The molecule has 6 nitrogen and oxygen atoms in total. The fourth-order valence-electron chi connectivity index (χ4n) is 3.79. The molecule has 9 heteroatoms. The van der Waals surface area contributed by atoms with E-state index in [0.717, 1.165) is 12.1 Å². The van der Waals surface area contributed by atoms with Crippen LogP contribution in [0.3, 0.4) is 0 Å². The van der Waals surface area contributed by atoms with Gasteiger partial charge in [0.2, 0.25) is 0 Å². The van der Waals surface area contributed by atoms with Crippen molar-refractivity contribution in [2.45, 2.75) is 11.7 Å². The minimum Gasteiger partial charge on any atom is -0.497 e. The number of aromatic amines is 1. The normalized spacial score (nSPS) is 13.5. The highest BCUT2D eigenvalue weighted by Crippen LogP contribution is 2.49. The maximum atomic E-state index is 15.0. The third kappa shape index (κ3) is 3.51. The van der Waals surface area contributed by atoms with E-state index in [1.807, 2.05) is 0 Å². The van der Waals surface area contributed by atoms with Crippen molar-refractivity contribution < 1.29 is 22.8 Å². The summed E-state index contributed by atoms with van der Waals surface area (Å²) >= 11 is 0. The molecule has 1 heterocycles. The first-order valence-corrected chi connectivity index (χ1v) is 9.57. The molecule has 32 heavy (non-hydrogen) atoms. The molecule has 0 amide bonds. The van der Waals surface area contributed by atoms with Crippen LogP contribution in [0.25, 0.3) is 10.9 Å². The Kier molecular flexibility index (Phi) is 5.25. The molecule has 164 valence electrons. The highest BCUT2D eigenvalue weighted by Gasteiger charge is 2.58. The molecule has 1 atom stereocenters. The number of rotatable bonds is 6.